The predicted octanol–water partition coefficient (Wildman–Crippen LogP) is 1.70. The van der Waals surface area contributed by atoms with E-state index in [0.29, 0.717) is 5.69 Å². The van der Waals surface area contributed by atoms with E-state index in [1.54, 1.807) is 23.9 Å². The maximum Gasteiger partial charge on any atom is 0.323 e. The summed E-state index contributed by atoms with van der Waals surface area (Å²) in [6.45, 7) is 0.771. The van der Waals surface area contributed by atoms with Crippen molar-refractivity contribution in [3.8, 4) is 0 Å². The molecule has 1 aromatic carbocycles. The molecule has 0 spiro atoms. The zero-order chi connectivity index (χ0) is 11.7. The van der Waals surface area contributed by atoms with Crippen LogP contribution in [0, 0.1) is 0 Å². The monoisotopic (exact) mass is 219 g/mol. The van der Waals surface area contributed by atoms with Crippen LogP contribution in [0.4, 0.5) is 16.2 Å². The third-order valence-electron chi connectivity index (χ3n) is 2.84. The maximum absolute atomic E-state index is 12.0. The van der Waals surface area contributed by atoms with Crippen LogP contribution in [0.15, 0.2) is 18.2 Å². The molecule has 86 valence electrons. The molecule has 0 aromatic heterocycles. The Hall–Kier alpha value is -1.71. The average molecular weight is 219 g/mol. The molecule has 4 heteroatoms. The molecule has 0 saturated heterocycles. The van der Waals surface area contributed by atoms with E-state index in [4.69, 9.17) is 5.73 Å². The number of nitrogen functional groups attached to an aromatic ring is 1. The Kier molecular flexibility index (Phi) is 2.73. The fraction of sp³-hybridized carbons (Fsp3) is 0.417. The lowest BCUT2D eigenvalue weighted by Gasteiger charge is -2.31. The van der Waals surface area contributed by atoms with Gasteiger partial charge in [-0.15, -0.1) is 0 Å². The number of anilines is 2. The van der Waals surface area contributed by atoms with Crippen LogP contribution >= 0.6 is 0 Å². The minimum absolute atomic E-state index is 0.0200. The van der Waals surface area contributed by atoms with Crippen molar-refractivity contribution in [3.05, 3.63) is 23.8 Å². The van der Waals surface area contributed by atoms with Crippen LogP contribution in [0.2, 0.25) is 0 Å². The van der Waals surface area contributed by atoms with Gasteiger partial charge in [-0.25, -0.2) is 4.79 Å². The number of hydrogen-bond donors (Lipinski definition) is 1. The number of carbonyl (C=O) groups is 1. The van der Waals surface area contributed by atoms with E-state index in [2.05, 4.69) is 0 Å². The molecule has 2 N–H and O–H groups in total. The number of urea groups is 1. The maximum atomic E-state index is 12.0. The normalized spacial score (nSPS) is 14.5. The van der Waals surface area contributed by atoms with Crippen LogP contribution in [-0.2, 0) is 6.42 Å². The molecule has 2 amide bonds. The molecular weight excluding hydrogens is 202 g/mol. The molecule has 2 rings (SSSR count). The Morgan fingerprint density at radius 2 is 2.19 bits per heavy atom. The first-order valence-corrected chi connectivity index (χ1v) is 5.47. The number of fused-ring (bicyclic) bond motifs is 1. The molecular formula is C12H17N3O. The first-order valence-electron chi connectivity index (χ1n) is 5.47. The van der Waals surface area contributed by atoms with Gasteiger partial charge < -0.3 is 10.6 Å². The van der Waals surface area contributed by atoms with Gasteiger partial charge in [0, 0.05) is 26.3 Å². The van der Waals surface area contributed by atoms with Crippen molar-refractivity contribution in [3.63, 3.8) is 0 Å². The lowest BCUT2D eigenvalue weighted by molar-refractivity contribution is 0.223. The van der Waals surface area contributed by atoms with Crippen molar-refractivity contribution in [2.75, 3.05) is 31.3 Å². The van der Waals surface area contributed by atoms with E-state index in [1.807, 2.05) is 18.2 Å². The Bertz CT molecular complexity index is 415. The Morgan fingerprint density at radius 1 is 1.44 bits per heavy atom. The predicted molar refractivity (Wildman–Crippen MR) is 65.6 cm³/mol. The molecule has 0 fully saturated rings. The summed E-state index contributed by atoms with van der Waals surface area (Å²) in [6.07, 6.45) is 2.03. The zero-order valence-corrected chi connectivity index (χ0v) is 9.73. The number of benzene rings is 1. The number of nitrogens with zero attached hydrogens (tertiary/aromatic N) is 2. The number of rotatable bonds is 0. The van der Waals surface area contributed by atoms with Gasteiger partial charge in [0.1, 0.15) is 0 Å². The van der Waals surface area contributed by atoms with Gasteiger partial charge in [0.2, 0.25) is 0 Å². The Labute approximate surface area is 95.6 Å². The van der Waals surface area contributed by atoms with E-state index in [1.165, 1.54) is 5.56 Å². The van der Waals surface area contributed by atoms with Crippen LogP contribution in [0.3, 0.4) is 0 Å². The van der Waals surface area contributed by atoms with Gasteiger partial charge in [0.05, 0.1) is 5.69 Å². The molecule has 0 atom stereocenters. The van der Waals surface area contributed by atoms with E-state index < -0.39 is 0 Å². The number of hydrogen-bond acceptors (Lipinski definition) is 2. The summed E-state index contributed by atoms with van der Waals surface area (Å²) in [5.74, 6) is 0. The van der Waals surface area contributed by atoms with E-state index in [0.717, 1.165) is 25.1 Å². The molecule has 0 unspecified atom stereocenters. The lowest BCUT2D eigenvalue weighted by atomic mass is 10.0. The third-order valence-corrected chi connectivity index (χ3v) is 2.84. The van der Waals surface area contributed by atoms with E-state index >= 15 is 0 Å². The van der Waals surface area contributed by atoms with Crippen molar-refractivity contribution < 1.29 is 4.79 Å². The van der Waals surface area contributed by atoms with Crippen LogP contribution in [0.1, 0.15) is 12.0 Å². The van der Waals surface area contributed by atoms with E-state index in [-0.39, 0.29) is 6.03 Å². The Balaban J connectivity index is 2.39. The first-order chi connectivity index (χ1) is 7.59. The summed E-state index contributed by atoms with van der Waals surface area (Å²) in [5, 5.41) is 0. The number of aryl methyl sites for hydroxylation is 1. The first kappa shape index (κ1) is 10.8. The smallest absolute Gasteiger partial charge is 0.323 e. The van der Waals surface area contributed by atoms with Gasteiger partial charge in [-0.3, -0.25) is 4.90 Å². The molecule has 16 heavy (non-hydrogen) atoms. The van der Waals surface area contributed by atoms with Gasteiger partial charge in [0.15, 0.2) is 0 Å². The van der Waals surface area contributed by atoms with Crippen molar-refractivity contribution in [2.45, 2.75) is 12.8 Å². The largest absolute Gasteiger partial charge is 0.399 e. The van der Waals surface area contributed by atoms with Crippen molar-refractivity contribution in [1.82, 2.24) is 4.90 Å². The van der Waals surface area contributed by atoms with Gasteiger partial charge in [-0.1, -0.05) is 6.07 Å². The molecule has 1 aromatic rings. The molecule has 4 nitrogen and oxygen atoms in total. The second-order valence-corrected chi connectivity index (χ2v) is 4.32. The SMILES string of the molecule is CN(C)C(=O)N1CCCc2ccc(N)cc21. The van der Waals surface area contributed by atoms with Gasteiger partial charge in [0.25, 0.3) is 0 Å². The summed E-state index contributed by atoms with van der Waals surface area (Å²) in [4.78, 5) is 15.4. The lowest BCUT2D eigenvalue weighted by Crippen LogP contribution is -2.42. The second kappa shape index (κ2) is 4.04. The topological polar surface area (TPSA) is 49.6 Å². The van der Waals surface area contributed by atoms with Gasteiger partial charge in [-0.05, 0) is 30.5 Å². The molecule has 1 aliphatic rings. The van der Waals surface area contributed by atoms with Crippen LogP contribution in [0.5, 0.6) is 0 Å². The van der Waals surface area contributed by atoms with Gasteiger partial charge in [-0.2, -0.15) is 0 Å². The summed E-state index contributed by atoms with van der Waals surface area (Å²) < 4.78 is 0. The summed E-state index contributed by atoms with van der Waals surface area (Å²) in [6, 6.07) is 5.81. The highest BCUT2D eigenvalue weighted by Gasteiger charge is 2.23. The second-order valence-electron chi connectivity index (χ2n) is 4.32. The Morgan fingerprint density at radius 3 is 2.88 bits per heavy atom. The highest BCUT2D eigenvalue weighted by atomic mass is 16.2. The van der Waals surface area contributed by atoms with Gasteiger partial charge >= 0.3 is 6.03 Å². The summed E-state index contributed by atoms with van der Waals surface area (Å²) in [7, 11) is 3.53. The summed E-state index contributed by atoms with van der Waals surface area (Å²) >= 11 is 0. The van der Waals surface area contributed by atoms with Crippen LogP contribution in [-0.4, -0.2) is 31.6 Å². The fourth-order valence-corrected chi connectivity index (χ4v) is 2.03. The molecule has 1 heterocycles. The minimum Gasteiger partial charge on any atom is -0.399 e. The zero-order valence-electron chi connectivity index (χ0n) is 9.73. The number of carbonyl (C=O) groups excluding carboxylic acids is 1. The minimum atomic E-state index is 0.0200. The fourth-order valence-electron chi connectivity index (χ4n) is 2.03. The molecule has 0 radical (unpaired) electrons. The number of nitrogens with two attached hydrogens (primary N) is 1. The van der Waals surface area contributed by atoms with Crippen LogP contribution < -0.4 is 10.6 Å². The third kappa shape index (κ3) is 1.83. The standard InChI is InChI=1S/C12H17N3O/c1-14(2)12(16)15-7-3-4-9-5-6-10(13)8-11(9)15/h5-6,8H,3-4,7,13H2,1-2H3. The molecule has 0 aliphatic carbocycles. The molecule has 0 saturated carbocycles. The van der Waals surface area contributed by atoms with Crippen molar-refractivity contribution in [1.29, 1.82) is 0 Å². The quantitative estimate of drug-likeness (QED) is 0.675. The van der Waals surface area contributed by atoms with Crippen LogP contribution in [0.25, 0.3) is 0 Å². The highest BCUT2D eigenvalue weighted by Crippen LogP contribution is 2.29. The molecule has 1 aliphatic heterocycles. The highest BCUT2D eigenvalue weighted by molar-refractivity contribution is 5.93. The summed E-state index contributed by atoms with van der Waals surface area (Å²) in [5.41, 5.74) is 8.64. The van der Waals surface area contributed by atoms with E-state index in [9.17, 15) is 4.79 Å². The average Bonchev–Trinajstić information content (AvgIpc) is 2.27. The number of amides is 2. The van der Waals surface area contributed by atoms with Crippen molar-refractivity contribution in [2.24, 2.45) is 0 Å². The molecule has 0 bridgehead atoms. The van der Waals surface area contributed by atoms with Crippen molar-refractivity contribution >= 4 is 17.4 Å².